The molecule has 0 bridgehead atoms. The first-order valence-electron chi connectivity index (χ1n) is 6.20. The number of nitrogens with two attached hydrogens (primary N) is 1. The van der Waals surface area contributed by atoms with Crippen LogP contribution in [0.25, 0.3) is 0 Å². The minimum absolute atomic E-state index is 0.0318. The van der Waals surface area contributed by atoms with Gasteiger partial charge in [0.15, 0.2) is 0 Å². The van der Waals surface area contributed by atoms with Gasteiger partial charge in [0.1, 0.15) is 5.25 Å². The minimum Gasteiger partial charge on any atom is -0.392 e. The Morgan fingerprint density at radius 2 is 2.00 bits per heavy atom. The summed E-state index contributed by atoms with van der Waals surface area (Å²) in [5, 5.41) is -0.768. The molecule has 0 fully saturated rings. The van der Waals surface area contributed by atoms with E-state index in [-0.39, 0.29) is 4.99 Å². The number of rotatable bonds is 9. The number of nitrogens with zero attached hydrogens (tertiary/aromatic N) is 1. The van der Waals surface area contributed by atoms with E-state index in [0.29, 0.717) is 19.0 Å². The smallest absolute Gasteiger partial charge is 0.220 e. The predicted molar refractivity (Wildman–Crippen MR) is 80.2 cm³/mol. The Morgan fingerprint density at radius 3 is 2.39 bits per heavy atom. The van der Waals surface area contributed by atoms with Gasteiger partial charge in [-0.15, -0.1) is 0 Å². The molecule has 0 spiro atoms. The molecule has 5 nitrogen and oxygen atoms in total. The van der Waals surface area contributed by atoms with Crippen LogP contribution in [0.2, 0.25) is 0 Å². The maximum atomic E-state index is 11.9. The van der Waals surface area contributed by atoms with Gasteiger partial charge < -0.3 is 10.6 Å². The minimum atomic E-state index is -3.42. The van der Waals surface area contributed by atoms with Crippen molar-refractivity contribution >= 4 is 27.2 Å². The second kappa shape index (κ2) is 8.04. The average Bonchev–Trinajstić information content (AvgIpc) is 2.23. The fourth-order valence-electron chi connectivity index (χ4n) is 1.48. The van der Waals surface area contributed by atoms with Crippen molar-refractivity contribution < 1.29 is 8.42 Å². The van der Waals surface area contributed by atoms with Crippen molar-refractivity contribution in [2.45, 2.75) is 44.9 Å². The lowest BCUT2D eigenvalue weighted by Crippen LogP contribution is -2.42. The Bertz CT molecular complexity index is 355. The van der Waals surface area contributed by atoms with Crippen molar-refractivity contribution in [2.75, 3.05) is 20.1 Å². The molecule has 108 valence electrons. The first-order chi connectivity index (χ1) is 8.22. The summed E-state index contributed by atoms with van der Waals surface area (Å²) in [6, 6.07) is 0.460. The summed E-state index contributed by atoms with van der Waals surface area (Å²) in [4.78, 5) is 2.20. The van der Waals surface area contributed by atoms with Crippen LogP contribution in [0, 0.1) is 0 Å². The van der Waals surface area contributed by atoms with Crippen molar-refractivity contribution in [3.05, 3.63) is 0 Å². The third-order valence-electron chi connectivity index (χ3n) is 2.94. The van der Waals surface area contributed by atoms with E-state index in [1.807, 2.05) is 7.05 Å². The van der Waals surface area contributed by atoms with Crippen LogP contribution >= 0.6 is 12.2 Å². The monoisotopic (exact) mass is 295 g/mol. The Morgan fingerprint density at radius 1 is 1.44 bits per heavy atom. The van der Waals surface area contributed by atoms with E-state index < -0.39 is 15.3 Å². The first-order valence-corrected chi connectivity index (χ1v) is 8.15. The fourth-order valence-corrected chi connectivity index (χ4v) is 3.40. The molecular weight excluding hydrogens is 270 g/mol. The van der Waals surface area contributed by atoms with Crippen LogP contribution in [-0.2, 0) is 10.0 Å². The highest BCUT2D eigenvalue weighted by Crippen LogP contribution is 2.05. The van der Waals surface area contributed by atoms with Gasteiger partial charge in [0.2, 0.25) is 10.0 Å². The summed E-state index contributed by atoms with van der Waals surface area (Å²) in [6.45, 7) is 7.23. The normalized spacial score (nSPS) is 14.1. The van der Waals surface area contributed by atoms with Crippen molar-refractivity contribution in [3.63, 3.8) is 0 Å². The number of hydrogen-bond donors (Lipinski definition) is 2. The van der Waals surface area contributed by atoms with E-state index in [4.69, 9.17) is 18.0 Å². The van der Waals surface area contributed by atoms with Gasteiger partial charge in [0.05, 0.1) is 4.99 Å². The molecule has 0 aromatic carbocycles. The maximum Gasteiger partial charge on any atom is 0.220 e. The van der Waals surface area contributed by atoms with Gasteiger partial charge in [-0.3, -0.25) is 0 Å². The predicted octanol–water partition coefficient (Wildman–Crippen LogP) is 0.701. The topological polar surface area (TPSA) is 75.4 Å². The Hall–Kier alpha value is -0.240. The Balaban J connectivity index is 4.17. The van der Waals surface area contributed by atoms with Gasteiger partial charge in [-0.05, 0) is 40.3 Å². The van der Waals surface area contributed by atoms with Gasteiger partial charge in [-0.2, -0.15) is 0 Å². The fraction of sp³-hybridized carbons (Fsp3) is 0.909. The number of sulfonamides is 1. The molecule has 0 aliphatic heterocycles. The highest BCUT2D eigenvalue weighted by Gasteiger charge is 2.25. The molecule has 0 radical (unpaired) electrons. The lowest BCUT2D eigenvalue weighted by atomic mass is 10.3. The Kier molecular flexibility index (Phi) is 7.93. The molecule has 0 aromatic heterocycles. The molecule has 7 heteroatoms. The number of hydrogen-bond acceptors (Lipinski definition) is 4. The summed E-state index contributed by atoms with van der Waals surface area (Å²) in [6.07, 6.45) is 1.16. The zero-order chi connectivity index (χ0) is 14.3. The molecule has 18 heavy (non-hydrogen) atoms. The molecule has 0 aliphatic rings. The zero-order valence-electron chi connectivity index (χ0n) is 11.6. The third-order valence-corrected chi connectivity index (χ3v) is 5.31. The summed E-state index contributed by atoms with van der Waals surface area (Å²) < 4.78 is 26.3. The molecule has 1 atom stereocenters. The molecule has 0 saturated heterocycles. The lowest BCUT2D eigenvalue weighted by Gasteiger charge is -2.21. The van der Waals surface area contributed by atoms with Gasteiger partial charge in [-0.25, -0.2) is 13.1 Å². The second-order valence-corrected chi connectivity index (χ2v) is 7.09. The van der Waals surface area contributed by atoms with E-state index >= 15 is 0 Å². The van der Waals surface area contributed by atoms with E-state index in [2.05, 4.69) is 23.5 Å². The van der Waals surface area contributed by atoms with Gasteiger partial charge >= 0.3 is 0 Å². The largest absolute Gasteiger partial charge is 0.392 e. The average molecular weight is 295 g/mol. The van der Waals surface area contributed by atoms with Crippen molar-refractivity contribution in [1.82, 2.24) is 9.62 Å². The molecule has 0 saturated carbocycles. The molecular formula is C11H25N3O2S2. The quantitative estimate of drug-likeness (QED) is 0.484. The van der Waals surface area contributed by atoms with Gasteiger partial charge in [-0.1, -0.05) is 19.1 Å². The van der Waals surface area contributed by atoms with Crippen molar-refractivity contribution in [3.8, 4) is 0 Å². The summed E-state index contributed by atoms with van der Waals surface area (Å²) in [7, 11) is -1.41. The molecule has 0 rings (SSSR count). The molecule has 0 aromatic rings. The zero-order valence-corrected chi connectivity index (χ0v) is 13.3. The van der Waals surface area contributed by atoms with Crippen LogP contribution in [-0.4, -0.2) is 49.7 Å². The molecule has 0 heterocycles. The molecule has 3 N–H and O–H groups in total. The SMILES string of the molecule is CCC(C(N)=S)S(=O)(=O)NCCCN(C)C(C)C. The van der Waals surface area contributed by atoms with E-state index in [1.165, 1.54) is 0 Å². The highest BCUT2D eigenvalue weighted by molar-refractivity contribution is 7.93. The van der Waals surface area contributed by atoms with Crippen molar-refractivity contribution in [2.24, 2.45) is 5.73 Å². The van der Waals surface area contributed by atoms with Crippen LogP contribution in [0.4, 0.5) is 0 Å². The van der Waals surface area contributed by atoms with Crippen LogP contribution in [0.15, 0.2) is 0 Å². The van der Waals surface area contributed by atoms with Crippen LogP contribution in [0.1, 0.15) is 33.6 Å². The second-order valence-electron chi connectivity index (χ2n) is 4.67. The van der Waals surface area contributed by atoms with E-state index in [9.17, 15) is 8.42 Å². The van der Waals surface area contributed by atoms with Gasteiger partial charge in [0.25, 0.3) is 0 Å². The van der Waals surface area contributed by atoms with Gasteiger partial charge in [0, 0.05) is 12.6 Å². The van der Waals surface area contributed by atoms with E-state index in [1.54, 1.807) is 6.92 Å². The summed E-state index contributed by atoms with van der Waals surface area (Å²) in [5.41, 5.74) is 5.43. The maximum absolute atomic E-state index is 11.9. The Labute approximate surface area is 116 Å². The van der Waals surface area contributed by atoms with Crippen LogP contribution in [0.3, 0.4) is 0 Å². The van der Waals surface area contributed by atoms with E-state index in [0.717, 1.165) is 13.0 Å². The summed E-state index contributed by atoms with van der Waals surface area (Å²) in [5.74, 6) is 0. The molecule has 0 aliphatic carbocycles. The van der Waals surface area contributed by atoms with Crippen LogP contribution < -0.4 is 10.5 Å². The standard InChI is InChI=1S/C11H25N3O2S2/c1-5-10(11(12)17)18(15,16)13-7-6-8-14(4)9(2)3/h9-10,13H,5-8H2,1-4H3,(H2,12,17). The number of thiocarbonyl (C=S) groups is 1. The molecule has 1 unspecified atom stereocenters. The first kappa shape index (κ1) is 17.8. The highest BCUT2D eigenvalue weighted by atomic mass is 32.2. The summed E-state index contributed by atoms with van der Waals surface area (Å²) >= 11 is 4.77. The lowest BCUT2D eigenvalue weighted by molar-refractivity contribution is 0.271. The van der Waals surface area contributed by atoms with Crippen molar-refractivity contribution in [1.29, 1.82) is 0 Å². The number of nitrogens with one attached hydrogen (secondary N) is 1. The van der Waals surface area contributed by atoms with Crippen LogP contribution in [0.5, 0.6) is 0 Å². The third kappa shape index (κ3) is 6.08. The molecule has 0 amide bonds.